The molecule has 1 heterocycles. The highest BCUT2D eigenvalue weighted by Gasteiger charge is 2.24. The molecule has 1 aliphatic heterocycles. The average molecular weight is 260 g/mol. The van der Waals surface area contributed by atoms with Gasteiger partial charge in [-0.25, -0.2) is 0 Å². The van der Waals surface area contributed by atoms with Crippen LogP contribution in [0.15, 0.2) is 24.3 Å². The number of rotatable bonds is 5. The van der Waals surface area contributed by atoms with E-state index in [1.807, 2.05) is 0 Å². The fraction of sp³-hybridized carbons (Fsp3) is 0.562. The maximum Gasteiger partial charge on any atom is 0.220 e. The molecule has 3 heteroatoms. The molecule has 0 bridgehead atoms. The van der Waals surface area contributed by atoms with Crippen molar-refractivity contribution in [2.45, 2.75) is 32.7 Å². The van der Waals surface area contributed by atoms with Crippen molar-refractivity contribution in [3.63, 3.8) is 0 Å². The molecule has 1 aromatic rings. The maximum absolute atomic E-state index is 11.4. The van der Waals surface area contributed by atoms with E-state index in [0.717, 1.165) is 32.5 Å². The minimum absolute atomic E-state index is 0.167. The van der Waals surface area contributed by atoms with Crippen LogP contribution >= 0.6 is 0 Å². The monoisotopic (exact) mass is 260 g/mol. The van der Waals surface area contributed by atoms with Crippen molar-refractivity contribution >= 4 is 5.91 Å². The second kappa shape index (κ2) is 6.71. The molecule has 1 N–H and O–H groups in total. The van der Waals surface area contributed by atoms with E-state index in [9.17, 15) is 4.79 Å². The Morgan fingerprint density at radius 3 is 2.79 bits per heavy atom. The number of nitrogens with zero attached hydrogens (tertiary/aromatic N) is 1. The molecular formula is C16H24N2O. The summed E-state index contributed by atoms with van der Waals surface area (Å²) in [6.45, 7) is 5.39. The van der Waals surface area contributed by atoms with E-state index >= 15 is 0 Å². The molecule has 0 aliphatic carbocycles. The summed E-state index contributed by atoms with van der Waals surface area (Å²) in [6, 6.07) is 8.67. The number of carbonyl (C=O) groups excluding carboxylic acids is 1. The molecule has 104 valence electrons. The van der Waals surface area contributed by atoms with E-state index < -0.39 is 0 Å². The van der Waals surface area contributed by atoms with Crippen molar-refractivity contribution in [1.29, 1.82) is 0 Å². The summed E-state index contributed by atoms with van der Waals surface area (Å²) < 4.78 is 0. The summed E-state index contributed by atoms with van der Waals surface area (Å²) in [4.78, 5) is 13.9. The zero-order valence-electron chi connectivity index (χ0n) is 12.0. The number of carbonyl (C=O) groups is 1. The summed E-state index contributed by atoms with van der Waals surface area (Å²) in [5.41, 5.74) is 2.88. The fourth-order valence-electron chi connectivity index (χ4n) is 2.88. The Morgan fingerprint density at radius 1 is 1.37 bits per heavy atom. The summed E-state index contributed by atoms with van der Waals surface area (Å²) >= 11 is 0. The molecule has 1 aliphatic rings. The summed E-state index contributed by atoms with van der Waals surface area (Å²) in [6.07, 6.45) is 2.90. The number of likely N-dealkylation sites (tertiary alicyclic amines) is 1. The quantitative estimate of drug-likeness (QED) is 0.880. The van der Waals surface area contributed by atoms with Crippen LogP contribution in [0.25, 0.3) is 0 Å². The molecular weight excluding hydrogens is 236 g/mol. The molecule has 3 nitrogen and oxygen atoms in total. The van der Waals surface area contributed by atoms with Crippen molar-refractivity contribution in [3.8, 4) is 0 Å². The first-order chi connectivity index (χ1) is 9.22. The van der Waals surface area contributed by atoms with Crippen molar-refractivity contribution in [1.82, 2.24) is 10.2 Å². The zero-order chi connectivity index (χ0) is 13.7. The molecule has 1 aromatic carbocycles. The predicted octanol–water partition coefficient (Wildman–Crippen LogP) is 2.21. The number of hydrogen-bond donors (Lipinski definition) is 1. The molecule has 0 spiro atoms. The maximum atomic E-state index is 11.4. The van der Waals surface area contributed by atoms with Crippen molar-refractivity contribution in [2.75, 3.05) is 20.1 Å². The SMILES string of the molecule is CCc1ccccc1CN1CC[C@H](CC(=O)NC)C1. The van der Waals surface area contributed by atoms with Crippen LogP contribution in [0.2, 0.25) is 0 Å². The Bertz CT molecular complexity index is 431. The summed E-state index contributed by atoms with van der Waals surface area (Å²) in [5.74, 6) is 0.689. The van der Waals surface area contributed by atoms with Crippen LogP contribution in [0, 0.1) is 5.92 Å². The van der Waals surface area contributed by atoms with Gasteiger partial charge in [-0.15, -0.1) is 0 Å². The minimum atomic E-state index is 0.167. The lowest BCUT2D eigenvalue weighted by molar-refractivity contribution is -0.121. The molecule has 1 fully saturated rings. The molecule has 0 radical (unpaired) electrons. The predicted molar refractivity (Wildman–Crippen MR) is 77.9 cm³/mol. The largest absolute Gasteiger partial charge is 0.359 e. The Morgan fingerprint density at radius 2 is 2.11 bits per heavy atom. The van der Waals surface area contributed by atoms with Gasteiger partial charge >= 0.3 is 0 Å². The van der Waals surface area contributed by atoms with Crippen LogP contribution in [0.5, 0.6) is 0 Å². The molecule has 19 heavy (non-hydrogen) atoms. The molecule has 0 aromatic heterocycles. The lowest BCUT2D eigenvalue weighted by Crippen LogP contribution is -2.24. The van der Waals surface area contributed by atoms with Crippen molar-refractivity contribution in [3.05, 3.63) is 35.4 Å². The highest BCUT2D eigenvalue weighted by atomic mass is 16.1. The van der Waals surface area contributed by atoms with Crippen LogP contribution in [-0.4, -0.2) is 30.9 Å². The van der Waals surface area contributed by atoms with Gasteiger partial charge in [0, 0.05) is 26.6 Å². The standard InChI is InChI=1S/C16H24N2O/c1-3-14-6-4-5-7-15(14)12-18-9-8-13(11-18)10-16(19)17-2/h4-7,13H,3,8-12H2,1-2H3,(H,17,19)/t13-/m1/s1. The Hall–Kier alpha value is -1.35. The molecule has 1 saturated heterocycles. The average Bonchev–Trinajstić information content (AvgIpc) is 2.86. The van der Waals surface area contributed by atoms with Gasteiger partial charge in [0.25, 0.3) is 0 Å². The zero-order valence-corrected chi connectivity index (χ0v) is 12.0. The second-order valence-electron chi connectivity index (χ2n) is 5.39. The normalized spacial score (nSPS) is 19.6. The van der Waals surface area contributed by atoms with Crippen LogP contribution in [0.4, 0.5) is 0 Å². The summed E-state index contributed by atoms with van der Waals surface area (Å²) in [5, 5.41) is 2.72. The third kappa shape index (κ3) is 3.80. The van der Waals surface area contributed by atoms with Gasteiger partial charge in [0.15, 0.2) is 0 Å². The number of hydrogen-bond acceptors (Lipinski definition) is 2. The highest BCUT2D eigenvalue weighted by Crippen LogP contribution is 2.22. The third-order valence-electron chi connectivity index (χ3n) is 4.02. The number of aryl methyl sites for hydroxylation is 1. The van der Waals surface area contributed by atoms with Gasteiger partial charge < -0.3 is 5.32 Å². The molecule has 1 amide bonds. The van der Waals surface area contributed by atoms with Gasteiger partial charge in [-0.05, 0) is 36.4 Å². The number of nitrogens with one attached hydrogen (secondary N) is 1. The first-order valence-corrected chi connectivity index (χ1v) is 7.22. The number of amides is 1. The van der Waals surface area contributed by atoms with Gasteiger partial charge in [-0.1, -0.05) is 31.2 Å². The van der Waals surface area contributed by atoms with Crippen LogP contribution in [0.1, 0.15) is 30.9 Å². The molecule has 2 rings (SSSR count). The first kappa shape index (κ1) is 14.1. The van der Waals surface area contributed by atoms with E-state index in [0.29, 0.717) is 12.3 Å². The highest BCUT2D eigenvalue weighted by molar-refractivity contribution is 5.75. The fourth-order valence-corrected chi connectivity index (χ4v) is 2.88. The Balaban J connectivity index is 1.89. The molecule has 0 unspecified atom stereocenters. The van der Waals surface area contributed by atoms with Crippen molar-refractivity contribution in [2.24, 2.45) is 5.92 Å². The van der Waals surface area contributed by atoms with Crippen LogP contribution in [-0.2, 0) is 17.8 Å². The van der Waals surface area contributed by atoms with E-state index in [1.54, 1.807) is 7.05 Å². The summed E-state index contributed by atoms with van der Waals surface area (Å²) in [7, 11) is 1.71. The second-order valence-corrected chi connectivity index (χ2v) is 5.39. The van der Waals surface area contributed by atoms with Gasteiger partial charge in [0.2, 0.25) is 5.91 Å². The van der Waals surface area contributed by atoms with Gasteiger partial charge in [0.1, 0.15) is 0 Å². The number of benzene rings is 1. The minimum Gasteiger partial charge on any atom is -0.359 e. The van der Waals surface area contributed by atoms with Gasteiger partial charge in [-0.3, -0.25) is 9.69 Å². The first-order valence-electron chi connectivity index (χ1n) is 7.22. The van der Waals surface area contributed by atoms with Crippen LogP contribution in [0.3, 0.4) is 0 Å². The lowest BCUT2D eigenvalue weighted by atomic mass is 10.0. The third-order valence-corrected chi connectivity index (χ3v) is 4.02. The topological polar surface area (TPSA) is 32.3 Å². The smallest absolute Gasteiger partial charge is 0.220 e. The van der Waals surface area contributed by atoms with E-state index in [1.165, 1.54) is 11.1 Å². The van der Waals surface area contributed by atoms with Crippen molar-refractivity contribution < 1.29 is 4.79 Å². The van der Waals surface area contributed by atoms with E-state index in [2.05, 4.69) is 41.4 Å². The lowest BCUT2D eigenvalue weighted by Gasteiger charge is -2.18. The molecule has 0 saturated carbocycles. The Kier molecular flexibility index (Phi) is 4.97. The Labute approximate surface area is 116 Å². The molecule has 1 atom stereocenters. The van der Waals surface area contributed by atoms with E-state index in [-0.39, 0.29) is 5.91 Å². The van der Waals surface area contributed by atoms with Gasteiger partial charge in [0.05, 0.1) is 0 Å². The van der Waals surface area contributed by atoms with E-state index in [4.69, 9.17) is 0 Å². The van der Waals surface area contributed by atoms with Gasteiger partial charge in [-0.2, -0.15) is 0 Å². The van der Waals surface area contributed by atoms with Crippen LogP contribution < -0.4 is 5.32 Å².